The molecule has 0 saturated heterocycles. The molecule has 0 aliphatic rings. The van der Waals surface area contributed by atoms with Crippen molar-refractivity contribution in [1.82, 2.24) is 4.98 Å². The fourth-order valence-corrected chi connectivity index (χ4v) is 2.92. The zero-order valence-corrected chi connectivity index (χ0v) is 13.0. The normalized spacial score (nSPS) is 11.1. The predicted octanol–water partition coefficient (Wildman–Crippen LogP) is 5.67. The van der Waals surface area contributed by atoms with E-state index in [1.807, 2.05) is 0 Å². The number of aromatic nitrogens is 1. The Morgan fingerprint density at radius 1 is 0.889 bits per heavy atom. The van der Waals surface area contributed by atoms with Crippen molar-refractivity contribution in [2.75, 3.05) is 0 Å². The molecule has 3 rings (SSSR count). The van der Waals surface area contributed by atoms with Crippen molar-refractivity contribution in [2.24, 2.45) is 0 Å². The Morgan fingerprint density at radius 3 is 2.28 bits per heavy atom. The van der Waals surface area contributed by atoms with Gasteiger partial charge >= 0.3 is 0 Å². The minimum atomic E-state index is 1.10. The lowest BCUT2D eigenvalue weighted by Gasteiger charge is -2.02. The summed E-state index contributed by atoms with van der Waals surface area (Å²) in [6.45, 7) is 2.12. The SMILES string of the molecule is Cc1[nH]c2cc(Br)ccc2c1-c1ccc(Br)cc1. The highest BCUT2D eigenvalue weighted by Crippen LogP contribution is 2.33. The zero-order chi connectivity index (χ0) is 12.7. The van der Waals surface area contributed by atoms with E-state index in [0.29, 0.717) is 0 Å². The summed E-state index contributed by atoms with van der Waals surface area (Å²) in [5.41, 5.74) is 4.89. The van der Waals surface area contributed by atoms with Crippen LogP contribution in [0.5, 0.6) is 0 Å². The quantitative estimate of drug-likeness (QED) is 0.572. The summed E-state index contributed by atoms with van der Waals surface area (Å²) in [6, 6.07) is 14.8. The Morgan fingerprint density at radius 2 is 1.56 bits per heavy atom. The first kappa shape index (κ1) is 12.0. The Balaban J connectivity index is 2.28. The van der Waals surface area contributed by atoms with Crippen LogP contribution in [-0.2, 0) is 0 Å². The molecule has 1 N–H and O–H groups in total. The second-order valence-electron chi connectivity index (χ2n) is 4.32. The smallest absolute Gasteiger partial charge is 0.0473 e. The molecular formula is C15H11Br2N. The van der Waals surface area contributed by atoms with Crippen LogP contribution in [0.2, 0.25) is 0 Å². The predicted molar refractivity (Wildman–Crippen MR) is 83.9 cm³/mol. The molecule has 2 aromatic carbocycles. The lowest BCUT2D eigenvalue weighted by Crippen LogP contribution is -1.79. The average Bonchev–Trinajstić information content (AvgIpc) is 2.65. The second-order valence-corrected chi connectivity index (χ2v) is 6.15. The number of H-pyrrole nitrogens is 1. The monoisotopic (exact) mass is 363 g/mol. The second kappa shape index (κ2) is 4.56. The van der Waals surface area contributed by atoms with E-state index in [1.165, 1.54) is 27.7 Å². The average molecular weight is 365 g/mol. The van der Waals surface area contributed by atoms with E-state index in [2.05, 4.69) is 86.2 Å². The summed E-state index contributed by atoms with van der Waals surface area (Å²) in [5, 5.41) is 1.26. The van der Waals surface area contributed by atoms with Gasteiger partial charge in [0, 0.05) is 31.1 Å². The molecule has 3 aromatic rings. The van der Waals surface area contributed by atoms with Crippen LogP contribution in [0.15, 0.2) is 51.4 Å². The van der Waals surface area contributed by atoms with Gasteiger partial charge in [-0.3, -0.25) is 0 Å². The summed E-state index contributed by atoms with van der Waals surface area (Å²) in [5.74, 6) is 0. The van der Waals surface area contributed by atoms with Crippen molar-refractivity contribution in [3.05, 3.63) is 57.1 Å². The molecule has 90 valence electrons. The van der Waals surface area contributed by atoms with E-state index >= 15 is 0 Å². The van der Waals surface area contributed by atoms with Gasteiger partial charge in [-0.15, -0.1) is 0 Å². The van der Waals surface area contributed by atoms with Gasteiger partial charge in [-0.1, -0.05) is 50.1 Å². The summed E-state index contributed by atoms with van der Waals surface area (Å²) in [7, 11) is 0. The van der Waals surface area contributed by atoms with Crippen LogP contribution in [0.1, 0.15) is 5.69 Å². The lowest BCUT2D eigenvalue weighted by atomic mass is 10.0. The molecule has 1 aromatic heterocycles. The maximum Gasteiger partial charge on any atom is 0.0473 e. The molecule has 0 atom stereocenters. The number of hydrogen-bond donors (Lipinski definition) is 1. The number of rotatable bonds is 1. The Hall–Kier alpha value is -1.06. The highest BCUT2D eigenvalue weighted by atomic mass is 79.9. The summed E-state index contributed by atoms with van der Waals surface area (Å²) >= 11 is 6.98. The number of nitrogens with one attached hydrogen (secondary N) is 1. The molecule has 3 heteroatoms. The van der Waals surface area contributed by atoms with Crippen LogP contribution in [0.25, 0.3) is 22.0 Å². The van der Waals surface area contributed by atoms with Crippen LogP contribution in [-0.4, -0.2) is 4.98 Å². The molecule has 0 spiro atoms. The molecule has 1 heterocycles. The number of aromatic amines is 1. The van der Waals surface area contributed by atoms with E-state index in [9.17, 15) is 0 Å². The molecular weight excluding hydrogens is 354 g/mol. The fourth-order valence-electron chi connectivity index (χ4n) is 2.29. The lowest BCUT2D eigenvalue weighted by molar-refractivity contribution is 1.30. The van der Waals surface area contributed by atoms with Gasteiger partial charge in [-0.25, -0.2) is 0 Å². The van der Waals surface area contributed by atoms with Gasteiger partial charge in [0.2, 0.25) is 0 Å². The van der Waals surface area contributed by atoms with Crippen LogP contribution < -0.4 is 0 Å². The third kappa shape index (κ3) is 2.02. The maximum absolute atomic E-state index is 3.51. The highest BCUT2D eigenvalue weighted by molar-refractivity contribution is 9.10. The summed E-state index contributed by atoms with van der Waals surface area (Å²) < 4.78 is 2.20. The third-order valence-corrected chi connectivity index (χ3v) is 4.10. The van der Waals surface area contributed by atoms with Crippen LogP contribution >= 0.6 is 31.9 Å². The zero-order valence-electron chi connectivity index (χ0n) is 9.80. The van der Waals surface area contributed by atoms with Crippen molar-refractivity contribution in [1.29, 1.82) is 0 Å². The van der Waals surface area contributed by atoms with Crippen molar-refractivity contribution in [2.45, 2.75) is 6.92 Å². The van der Waals surface area contributed by atoms with Gasteiger partial charge in [0.25, 0.3) is 0 Å². The number of hydrogen-bond acceptors (Lipinski definition) is 0. The standard InChI is InChI=1S/C15H11Br2N/c1-9-15(10-2-4-11(16)5-3-10)13-7-6-12(17)8-14(13)18-9/h2-8,18H,1H3. The first-order valence-corrected chi connectivity index (χ1v) is 7.27. The van der Waals surface area contributed by atoms with Gasteiger partial charge in [-0.05, 0) is 36.8 Å². The van der Waals surface area contributed by atoms with Crippen LogP contribution in [0, 0.1) is 6.92 Å². The van der Waals surface area contributed by atoms with Crippen molar-refractivity contribution in [3.63, 3.8) is 0 Å². The number of benzene rings is 2. The molecule has 0 amide bonds. The minimum Gasteiger partial charge on any atom is -0.358 e. The van der Waals surface area contributed by atoms with Gasteiger partial charge in [0.05, 0.1) is 0 Å². The molecule has 0 radical (unpaired) electrons. The fraction of sp³-hybridized carbons (Fsp3) is 0.0667. The molecule has 18 heavy (non-hydrogen) atoms. The minimum absolute atomic E-state index is 1.10. The number of fused-ring (bicyclic) bond motifs is 1. The van der Waals surface area contributed by atoms with Gasteiger partial charge in [0.15, 0.2) is 0 Å². The van der Waals surface area contributed by atoms with Gasteiger partial charge in [0.1, 0.15) is 0 Å². The highest BCUT2D eigenvalue weighted by Gasteiger charge is 2.10. The van der Waals surface area contributed by atoms with Crippen LogP contribution in [0.4, 0.5) is 0 Å². The number of halogens is 2. The first-order chi connectivity index (χ1) is 8.65. The molecule has 0 bridgehead atoms. The summed E-state index contributed by atoms with van der Waals surface area (Å²) in [4.78, 5) is 3.44. The molecule has 1 nitrogen and oxygen atoms in total. The third-order valence-electron chi connectivity index (χ3n) is 3.08. The van der Waals surface area contributed by atoms with Crippen molar-refractivity contribution in [3.8, 4) is 11.1 Å². The molecule has 0 unspecified atom stereocenters. The largest absolute Gasteiger partial charge is 0.358 e. The Kier molecular flexibility index (Phi) is 3.04. The molecule has 0 saturated carbocycles. The van der Waals surface area contributed by atoms with Crippen molar-refractivity contribution < 1.29 is 0 Å². The van der Waals surface area contributed by atoms with E-state index in [1.54, 1.807) is 0 Å². The van der Waals surface area contributed by atoms with Crippen molar-refractivity contribution >= 4 is 42.8 Å². The topological polar surface area (TPSA) is 15.8 Å². The maximum atomic E-state index is 3.51. The van der Waals surface area contributed by atoms with E-state index < -0.39 is 0 Å². The molecule has 0 aliphatic heterocycles. The van der Waals surface area contributed by atoms with E-state index in [0.717, 1.165) is 8.95 Å². The van der Waals surface area contributed by atoms with E-state index in [4.69, 9.17) is 0 Å². The Labute approximate surface area is 122 Å². The van der Waals surface area contributed by atoms with Gasteiger partial charge in [-0.2, -0.15) is 0 Å². The molecule has 0 aliphatic carbocycles. The van der Waals surface area contributed by atoms with Crippen LogP contribution in [0.3, 0.4) is 0 Å². The van der Waals surface area contributed by atoms with E-state index in [-0.39, 0.29) is 0 Å². The number of aryl methyl sites for hydroxylation is 1. The Bertz CT molecular complexity index is 711. The first-order valence-electron chi connectivity index (χ1n) is 5.69. The van der Waals surface area contributed by atoms with Gasteiger partial charge < -0.3 is 4.98 Å². The summed E-state index contributed by atoms with van der Waals surface area (Å²) in [6.07, 6.45) is 0. The molecule has 0 fully saturated rings.